The van der Waals surface area contributed by atoms with Gasteiger partial charge in [0.2, 0.25) is 0 Å². The zero-order valence-electron chi connectivity index (χ0n) is 9.44. The van der Waals surface area contributed by atoms with Crippen LogP contribution in [0.5, 0.6) is 0 Å². The predicted octanol–water partition coefficient (Wildman–Crippen LogP) is 2.09. The summed E-state index contributed by atoms with van der Waals surface area (Å²) in [7, 11) is 0. The molecule has 0 atom stereocenters. The van der Waals surface area contributed by atoms with Gasteiger partial charge in [-0.05, 0) is 13.0 Å². The highest BCUT2D eigenvalue weighted by molar-refractivity contribution is 5.40. The Balaban J connectivity index is 2.49. The molecule has 0 aliphatic carbocycles. The molecule has 0 aliphatic rings. The van der Waals surface area contributed by atoms with Gasteiger partial charge in [0, 0.05) is 23.7 Å². The average Bonchev–Trinajstić information content (AvgIpc) is 2.77. The second-order valence-electron chi connectivity index (χ2n) is 3.78. The molecule has 0 spiro atoms. The van der Waals surface area contributed by atoms with Gasteiger partial charge in [-0.15, -0.1) is 0 Å². The molecule has 0 amide bonds. The van der Waals surface area contributed by atoms with Crippen LogP contribution in [0, 0.1) is 6.92 Å². The molecule has 96 valence electrons. The SMILES string of the molecule is Cc1cc(-n2cc(C(F)(F)F)cn2)c(CO)cn1. The van der Waals surface area contributed by atoms with Gasteiger partial charge >= 0.3 is 6.18 Å². The highest BCUT2D eigenvalue weighted by Gasteiger charge is 2.32. The van der Waals surface area contributed by atoms with Crippen LogP contribution >= 0.6 is 0 Å². The lowest BCUT2D eigenvalue weighted by Gasteiger charge is -2.08. The molecule has 1 N–H and O–H groups in total. The van der Waals surface area contributed by atoms with Crippen molar-refractivity contribution in [1.82, 2.24) is 14.8 Å². The van der Waals surface area contributed by atoms with E-state index in [9.17, 15) is 13.2 Å². The molecule has 7 heteroatoms. The van der Waals surface area contributed by atoms with Gasteiger partial charge < -0.3 is 5.11 Å². The fourth-order valence-corrected chi connectivity index (χ4v) is 1.51. The lowest BCUT2D eigenvalue weighted by atomic mass is 10.2. The van der Waals surface area contributed by atoms with Gasteiger partial charge in [-0.2, -0.15) is 18.3 Å². The maximum atomic E-state index is 12.5. The number of pyridine rings is 1. The Hall–Kier alpha value is -1.89. The molecule has 2 heterocycles. The van der Waals surface area contributed by atoms with E-state index in [0.717, 1.165) is 17.1 Å². The standard InChI is InChI=1S/C11H10F3N3O/c1-7-2-10(8(6-18)3-15-7)17-5-9(4-16-17)11(12,13)14/h2-5,18H,6H2,1H3. The molecular weight excluding hydrogens is 247 g/mol. The second kappa shape index (κ2) is 4.41. The summed E-state index contributed by atoms with van der Waals surface area (Å²) < 4.78 is 38.5. The Kier molecular flexibility index (Phi) is 3.08. The summed E-state index contributed by atoms with van der Waals surface area (Å²) in [5.41, 5.74) is 0.602. The number of hydrogen-bond acceptors (Lipinski definition) is 3. The first-order valence-electron chi connectivity index (χ1n) is 5.10. The van der Waals surface area contributed by atoms with Gasteiger partial charge in [0.25, 0.3) is 0 Å². The smallest absolute Gasteiger partial charge is 0.392 e. The molecule has 0 saturated carbocycles. The molecule has 0 aromatic carbocycles. The van der Waals surface area contributed by atoms with Crippen LogP contribution in [0.25, 0.3) is 5.69 Å². The van der Waals surface area contributed by atoms with E-state index < -0.39 is 11.7 Å². The summed E-state index contributed by atoms with van der Waals surface area (Å²) in [6, 6.07) is 1.57. The van der Waals surface area contributed by atoms with Gasteiger partial charge in [0.05, 0.1) is 24.1 Å². The maximum Gasteiger partial charge on any atom is 0.419 e. The number of aryl methyl sites for hydroxylation is 1. The van der Waals surface area contributed by atoms with Crippen molar-refractivity contribution in [3.63, 3.8) is 0 Å². The van der Waals surface area contributed by atoms with E-state index in [1.54, 1.807) is 13.0 Å². The molecule has 2 rings (SSSR count). The van der Waals surface area contributed by atoms with Crippen molar-refractivity contribution in [1.29, 1.82) is 0 Å². The molecule has 0 bridgehead atoms. The summed E-state index contributed by atoms with van der Waals surface area (Å²) >= 11 is 0. The lowest BCUT2D eigenvalue weighted by molar-refractivity contribution is -0.137. The molecule has 2 aromatic rings. The summed E-state index contributed by atoms with van der Waals surface area (Å²) in [5.74, 6) is 0. The second-order valence-corrected chi connectivity index (χ2v) is 3.78. The molecule has 0 fully saturated rings. The van der Waals surface area contributed by atoms with Gasteiger partial charge in [-0.1, -0.05) is 0 Å². The highest BCUT2D eigenvalue weighted by Crippen LogP contribution is 2.29. The molecule has 2 aromatic heterocycles. The van der Waals surface area contributed by atoms with Crippen LogP contribution in [0.1, 0.15) is 16.8 Å². The predicted molar refractivity (Wildman–Crippen MR) is 57.0 cm³/mol. The number of nitrogens with zero attached hydrogens (tertiary/aromatic N) is 3. The summed E-state index contributed by atoms with van der Waals surface area (Å²) in [4.78, 5) is 3.97. The Morgan fingerprint density at radius 2 is 2.06 bits per heavy atom. The van der Waals surface area contributed by atoms with Crippen molar-refractivity contribution >= 4 is 0 Å². The van der Waals surface area contributed by atoms with Crippen molar-refractivity contribution in [2.45, 2.75) is 19.7 Å². The Labute approximate surface area is 101 Å². The van der Waals surface area contributed by atoms with E-state index in [1.807, 2.05) is 0 Å². The highest BCUT2D eigenvalue weighted by atomic mass is 19.4. The molecular formula is C11H10F3N3O. The molecule has 0 radical (unpaired) electrons. The lowest BCUT2D eigenvalue weighted by Crippen LogP contribution is -2.04. The molecule has 0 aliphatic heterocycles. The fourth-order valence-electron chi connectivity index (χ4n) is 1.51. The number of hydrogen-bond donors (Lipinski definition) is 1. The quantitative estimate of drug-likeness (QED) is 0.896. The van der Waals surface area contributed by atoms with Gasteiger partial charge in [-0.25, -0.2) is 4.68 Å². The Morgan fingerprint density at radius 1 is 1.33 bits per heavy atom. The first-order valence-corrected chi connectivity index (χ1v) is 5.10. The van der Waals surface area contributed by atoms with E-state index >= 15 is 0 Å². The Bertz CT molecular complexity index is 563. The number of rotatable bonds is 2. The zero-order valence-corrected chi connectivity index (χ0v) is 9.44. The van der Waals surface area contributed by atoms with Gasteiger partial charge in [0.1, 0.15) is 0 Å². The van der Waals surface area contributed by atoms with E-state index in [0.29, 0.717) is 16.9 Å². The monoisotopic (exact) mass is 257 g/mol. The third-order valence-corrected chi connectivity index (χ3v) is 2.43. The molecule has 18 heavy (non-hydrogen) atoms. The van der Waals surface area contributed by atoms with E-state index in [1.165, 1.54) is 6.20 Å². The Morgan fingerprint density at radius 3 is 2.61 bits per heavy atom. The van der Waals surface area contributed by atoms with E-state index in [4.69, 9.17) is 5.11 Å². The topological polar surface area (TPSA) is 50.9 Å². The maximum absolute atomic E-state index is 12.5. The van der Waals surface area contributed by atoms with Crippen molar-refractivity contribution < 1.29 is 18.3 Å². The van der Waals surface area contributed by atoms with E-state index in [2.05, 4.69) is 10.1 Å². The zero-order chi connectivity index (χ0) is 13.3. The van der Waals surface area contributed by atoms with Crippen LogP contribution in [0.2, 0.25) is 0 Å². The van der Waals surface area contributed by atoms with Gasteiger partial charge in [-0.3, -0.25) is 4.98 Å². The third-order valence-electron chi connectivity index (χ3n) is 2.43. The number of aliphatic hydroxyl groups excluding tert-OH is 1. The minimum Gasteiger partial charge on any atom is -0.392 e. The minimum absolute atomic E-state index is 0.316. The van der Waals surface area contributed by atoms with Crippen molar-refractivity contribution in [2.24, 2.45) is 0 Å². The van der Waals surface area contributed by atoms with Crippen LogP contribution < -0.4 is 0 Å². The minimum atomic E-state index is -4.43. The first kappa shape index (κ1) is 12.6. The summed E-state index contributed by atoms with van der Waals surface area (Å²) in [6.07, 6.45) is -1.38. The first-order chi connectivity index (χ1) is 8.41. The average molecular weight is 257 g/mol. The fraction of sp³-hybridized carbons (Fsp3) is 0.273. The molecule has 0 saturated heterocycles. The third kappa shape index (κ3) is 2.35. The van der Waals surface area contributed by atoms with Crippen molar-refractivity contribution in [3.8, 4) is 5.69 Å². The van der Waals surface area contributed by atoms with Gasteiger partial charge in [0.15, 0.2) is 0 Å². The normalized spacial score (nSPS) is 11.8. The summed E-state index contributed by atoms with van der Waals surface area (Å²) in [6.45, 7) is 1.39. The summed E-state index contributed by atoms with van der Waals surface area (Å²) in [5, 5.41) is 12.8. The number of aliphatic hydroxyl groups is 1. The van der Waals surface area contributed by atoms with Crippen LogP contribution in [-0.4, -0.2) is 19.9 Å². The van der Waals surface area contributed by atoms with Crippen LogP contribution in [0.4, 0.5) is 13.2 Å². The largest absolute Gasteiger partial charge is 0.419 e. The molecule has 4 nitrogen and oxygen atoms in total. The van der Waals surface area contributed by atoms with Crippen molar-refractivity contribution in [2.75, 3.05) is 0 Å². The van der Waals surface area contributed by atoms with Crippen molar-refractivity contribution in [3.05, 3.63) is 41.5 Å². The number of aromatic nitrogens is 3. The number of halogens is 3. The van der Waals surface area contributed by atoms with Crippen LogP contribution in [0.3, 0.4) is 0 Å². The molecule has 0 unspecified atom stereocenters. The van der Waals surface area contributed by atoms with Crippen LogP contribution in [0.15, 0.2) is 24.7 Å². The number of alkyl halides is 3. The van der Waals surface area contributed by atoms with Crippen LogP contribution in [-0.2, 0) is 12.8 Å². The van der Waals surface area contributed by atoms with E-state index in [-0.39, 0.29) is 6.61 Å².